The molecular weight excluding hydrogens is 270 g/mol. The van der Waals surface area contributed by atoms with Gasteiger partial charge in [-0.25, -0.2) is 4.98 Å². The van der Waals surface area contributed by atoms with E-state index in [1.807, 2.05) is 22.6 Å². The van der Waals surface area contributed by atoms with Crippen molar-refractivity contribution in [2.75, 3.05) is 13.1 Å². The fourth-order valence-electron chi connectivity index (χ4n) is 2.76. The number of hydrogen-bond acceptors (Lipinski definition) is 5. The summed E-state index contributed by atoms with van der Waals surface area (Å²) in [6.07, 6.45) is 7.12. The number of carbonyl (C=O) groups is 1. The standard InChI is InChI=1S/C14H19N5O2/c1-10(19-7-5-15-9-19)14(20)18-6-3-4-12(8-18)13-16-11(2)21-17-13/h5,7,9-10,12H,3-4,6,8H2,1-2H3/t10-,12-/m0/s1. The Balaban J connectivity index is 1.69. The topological polar surface area (TPSA) is 77.1 Å². The van der Waals surface area contributed by atoms with Crippen LogP contribution < -0.4 is 0 Å². The first-order chi connectivity index (χ1) is 10.1. The maximum atomic E-state index is 12.6. The van der Waals surface area contributed by atoms with Gasteiger partial charge in [-0.2, -0.15) is 4.98 Å². The van der Waals surface area contributed by atoms with Crippen molar-refractivity contribution in [3.63, 3.8) is 0 Å². The molecule has 3 heterocycles. The number of amides is 1. The number of aryl methyl sites for hydroxylation is 1. The van der Waals surface area contributed by atoms with Gasteiger partial charge in [0.15, 0.2) is 5.82 Å². The Morgan fingerprint density at radius 2 is 2.38 bits per heavy atom. The summed E-state index contributed by atoms with van der Waals surface area (Å²) in [6.45, 7) is 5.11. The van der Waals surface area contributed by atoms with Crippen molar-refractivity contribution < 1.29 is 9.32 Å². The van der Waals surface area contributed by atoms with E-state index in [1.54, 1.807) is 19.4 Å². The molecule has 0 saturated carbocycles. The predicted octanol–water partition coefficient (Wildman–Crippen LogP) is 1.54. The second-order valence-corrected chi connectivity index (χ2v) is 5.48. The summed E-state index contributed by atoms with van der Waals surface area (Å²) in [5, 5.41) is 3.99. The number of rotatable bonds is 3. The number of piperidine rings is 1. The van der Waals surface area contributed by atoms with E-state index < -0.39 is 0 Å². The number of likely N-dealkylation sites (tertiary alicyclic amines) is 1. The summed E-state index contributed by atoms with van der Waals surface area (Å²) in [5.41, 5.74) is 0. The van der Waals surface area contributed by atoms with Crippen molar-refractivity contribution in [1.29, 1.82) is 0 Å². The lowest BCUT2D eigenvalue weighted by Crippen LogP contribution is -2.42. The molecule has 2 aromatic heterocycles. The first-order valence-electron chi connectivity index (χ1n) is 7.21. The van der Waals surface area contributed by atoms with Crippen LogP contribution >= 0.6 is 0 Å². The summed E-state index contributed by atoms with van der Waals surface area (Å²) in [5.74, 6) is 1.55. The molecule has 1 aliphatic heterocycles. The van der Waals surface area contributed by atoms with Crippen molar-refractivity contribution in [3.05, 3.63) is 30.4 Å². The van der Waals surface area contributed by atoms with Gasteiger partial charge in [-0.1, -0.05) is 5.16 Å². The third kappa shape index (κ3) is 2.81. The Labute approximate surface area is 123 Å². The van der Waals surface area contributed by atoms with Crippen molar-refractivity contribution >= 4 is 5.91 Å². The van der Waals surface area contributed by atoms with Crippen LogP contribution in [0.15, 0.2) is 23.2 Å². The third-order valence-corrected chi connectivity index (χ3v) is 3.97. The first-order valence-corrected chi connectivity index (χ1v) is 7.21. The van der Waals surface area contributed by atoms with Crippen LogP contribution in [0.1, 0.15) is 43.4 Å². The molecule has 1 amide bonds. The van der Waals surface area contributed by atoms with Gasteiger partial charge in [0.2, 0.25) is 11.8 Å². The molecule has 112 valence electrons. The summed E-state index contributed by atoms with van der Waals surface area (Å²) in [4.78, 5) is 22.8. The Morgan fingerprint density at radius 3 is 3.05 bits per heavy atom. The Morgan fingerprint density at radius 1 is 1.52 bits per heavy atom. The highest BCUT2D eigenvalue weighted by Crippen LogP contribution is 2.26. The summed E-state index contributed by atoms with van der Waals surface area (Å²) >= 11 is 0. The molecule has 1 fully saturated rings. The quantitative estimate of drug-likeness (QED) is 0.856. The van der Waals surface area contributed by atoms with E-state index in [9.17, 15) is 4.79 Å². The van der Waals surface area contributed by atoms with Crippen LogP contribution in [-0.2, 0) is 4.79 Å². The zero-order valence-corrected chi connectivity index (χ0v) is 12.3. The second-order valence-electron chi connectivity index (χ2n) is 5.48. The van der Waals surface area contributed by atoms with Crippen LogP contribution in [-0.4, -0.2) is 43.6 Å². The first kappa shape index (κ1) is 13.8. The van der Waals surface area contributed by atoms with Crippen LogP contribution in [0, 0.1) is 6.92 Å². The van der Waals surface area contributed by atoms with Gasteiger partial charge in [0.25, 0.3) is 0 Å². The average Bonchev–Trinajstić information content (AvgIpc) is 3.17. The molecule has 7 heteroatoms. The second kappa shape index (κ2) is 5.67. The maximum Gasteiger partial charge on any atom is 0.245 e. The summed E-state index contributed by atoms with van der Waals surface area (Å²) in [6, 6.07) is -0.238. The molecule has 0 spiro atoms. The van der Waals surface area contributed by atoms with E-state index in [4.69, 9.17) is 4.52 Å². The molecule has 0 aliphatic carbocycles. The Kier molecular flexibility index (Phi) is 3.72. The van der Waals surface area contributed by atoms with Gasteiger partial charge in [0, 0.05) is 38.3 Å². The largest absolute Gasteiger partial charge is 0.340 e. The zero-order valence-electron chi connectivity index (χ0n) is 12.3. The number of hydrogen-bond donors (Lipinski definition) is 0. The molecule has 3 rings (SSSR count). The van der Waals surface area contributed by atoms with Crippen LogP contribution in [0.25, 0.3) is 0 Å². The highest BCUT2D eigenvalue weighted by Gasteiger charge is 2.30. The third-order valence-electron chi connectivity index (χ3n) is 3.97. The van der Waals surface area contributed by atoms with Gasteiger partial charge >= 0.3 is 0 Å². The van der Waals surface area contributed by atoms with Crippen molar-refractivity contribution in [2.24, 2.45) is 0 Å². The maximum absolute atomic E-state index is 12.6. The average molecular weight is 289 g/mol. The molecular formula is C14H19N5O2. The Hall–Kier alpha value is -2.18. The Bertz CT molecular complexity index is 607. The molecule has 0 unspecified atom stereocenters. The monoisotopic (exact) mass is 289 g/mol. The van der Waals surface area contributed by atoms with E-state index in [0.717, 1.165) is 19.4 Å². The van der Waals surface area contributed by atoms with Crippen LogP contribution in [0.4, 0.5) is 0 Å². The summed E-state index contributed by atoms with van der Waals surface area (Å²) < 4.78 is 6.87. The SMILES string of the molecule is Cc1nc([C@H]2CCCN(C(=O)[C@H](C)n3ccnc3)C2)no1. The number of aromatic nitrogens is 4. The van der Waals surface area contributed by atoms with Crippen molar-refractivity contribution in [1.82, 2.24) is 24.6 Å². The lowest BCUT2D eigenvalue weighted by molar-refractivity contribution is -0.135. The van der Waals surface area contributed by atoms with E-state index in [-0.39, 0.29) is 17.9 Å². The van der Waals surface area contributed by atoms with Crippen LogP contribution in [0.3, 0.4) is 0 Å². The normalized spacial score (nSPS) is 20.5. The van der Waals surface area contributed by atoms with Crippen LogP contribution in [0.2, 0.25) is 0 Å². The molecule has 1 aliphatic rings. The highest BCUT2D eigenvalue weighted by atomic mass is 16.5. The molecule has 1 saturated heterocycles. The zero-order chi connectivity index (χ0) is 14.8. The number of nitrogens with zero attached hydrogens (tertiary/aromatic N) is 5. The van der Waals surface area contributed by atoms with Crippen molar-refractivity contribution in [3.8, 4) is 0 Å². The molecule has 21 heavy (non-hydrogen) atoms. The van der Waals surface area contributed by atoms with E-state index in [1.165, 1.54) is 0 Å². The molecule has 2 atom stereocenters. The number of imidazole rings is 1. The lowest BCUT2D eigenvalue weighted by Gasteiger charge is -2.33. The summed E-state index contributed by atoms with van der Waals surface area (Å²) in [7, 11) is 0. The highest BCUT2D eigenvalue weighted by molar-refractivity contribution is 5.80. The molecule has 0 N–H and O–H groups in total. The van der Waals surface area contributed by atoms with E-state index >= 15 is 0 Å². The number of carbonyl (C=O) groups excluding carboxylic acids is 1. The van der Waals surface area contributed by atoms with Gasteiger partial charge < -0.3 is 14.0 Å². The van der Waals surface area contributed by atoms with Gasteiger partial charge in [-0.05, 0) is 19.8 Å². The van der Waals surface area contributed by atoms with Gasteiger partial charge in [0.05, 0.1) is 6.33 Å². The molecule has 2 aromatic rings. The van der Waals surface area contributed by atoms with Gasteiger partial charge in [-0.15, -0.1) is 0 Å². The molecule has 7 nitrogen and oxygen atoms in total. The minimum Gasteiger partial charge on any atom is -0.340 e. The lowest BCUT2D eigenvalue weighted by atomic mass is 9.97. The fourth-order valence-corrected chi connectivity index (χ4v) is 2.76. The van der Waals surface area contributed by atoms with E-state index in [2.05, 4.69) is 15.1 Å². The van der Waals surface area contributed by atoms with E-state index in [0.29, 0.717) is 18.3 Å². The minimum absolute atomic E-state index is 0.109. The molecule has 0 aromatic carbocycles. The van der Waals surface area contributed by atoms with Gasteiger partial charge in [0.1, 0.15) is 6.04 Å². The predicted molar refractivity (Wildman–Crippen MR) is 74.5 cm³/mol. The molecule has 0 radical (unpaired) electrons. The van der Waals surface area contributed by atoms with Gasteiger partial charge in [-0.3, -0.25) is 4.79 Å². The fraction of sp³-hybridized carbons (Fsp3) is 0.571. The molecule has 0 bridgehead atoms. The minimum atomic E-state index is -0.238. The van der Waals surface area contributed by atoms with Crippen LogP contribution in [0.5, 0.6) is 0 Å². The van der Waals surface area contributed by atoms with Crippen molar-refractivity contribution in [2.45, 2.75) is 38.6 Å². The smallest absolute Gasteiger partial charge is 0.245 e.